The van der Waals surface area contributed by atoms with E-state index in [0.717, 1.165) is 0 Å². The molecule has 0 atom stereocenters. The molecule has 1 nitrogen and oxygen atoms in total. The third-order valence-electron chi connectivity index (χ3n) is 4.43. The van der Waals surface area contributed by atoms with Crippen molar-refractivity contribution in [3.8, 4) is 11.1 Å². The number of halogens is 2. The topological polar surface area (TPSA) is 20.2 Å². The minimum atomic E-state index is -0.880. The van der Waals surface area contributed by atoms with Crippen LogP contribution in [0.4, 0.5) is 0 Å². The van der Waals surface area contributed by atoms with E-state index in [1.54, 1.807) is 0 Å². The molecule has 1 N–H and O–H groups in total. The van der Waals surface area contributed by atoms with Crippen LogP contribution in [-0.4, -0.2) is 13.8 Å². The van der Waals surface area contributed by atoms with Gasteiger partial charge in [-0.15, -0.1) is 34.5 Å². The molecule has 0 aliphatic heterocycles. The molecule has 0 aromatic heterocycles. The number of benzene rings is 2. The average molecular weight is 527 g/mol. The van der Waals surface area contributed by atoms with E-state index in [1.807, 2.05) is 13.1 Å². The van der Waals surface area contributed by atoms with E-state index in [-0.39, 0.29) is 51.0 Å². The summed E-state index contributed by atoms with van der Waals surface area (Å²) in [5, 5.41) is 2.77. The van der Waals surface area contributed by atoms with Crippen LogP contribution in [0.15, 0.2) is 54.6 Å². The van der Waals surface area contributed by atoms with Gasteiger partial charge in [0.15, 0.2) is 9.04 Å². The molecule has 0 bridgehead atoms. The van der Waals surface area contributed by atoms with Crippen molar-refractivity contribution in [1.82, 2.24) is 0 Å². The zero-order valence-electron chi connectivity index (χ0n) is 17.9. The van der Waals surface area contributed by atoms with Gasteiger partial charge in [-0.1, -0.05) is 62.6 Å². The van der Waals surface area contributed by atoms with Crippen molar-refractivity contribution >= 4 is 19.8 Å². The van der Waals surface area contributed by atoms with Crippen molar-refractivity contribution in [2.45, 2.75) is 59.0 Å². The van der Waals surface area contributed by atoms with E-state index in [9.17, 15) is 0 Å². The van der Waals surface area contributed by atoms with Crippen LogP contribution in [-0.2, 0) is 39.0 Å². The quantitative estimate of drug-likeness (QED) is 0.372. The molecule has 5 heteroatoms. The van der Waals surface area contributed by atoms with Crippen LogP contribution >= 0.6 is 0 Å². The molecule has 0 aliphatic rings. The molecule has 0 heterocycles. The standard InChI is InChI=1S/C22H25.C2H7OSi.2ClH.Zr/c1-3-5-8-17-11-13-19(14-12-17)21-10-6-9-20-15-18(7-4-2)16-22(20)21;1-4(2)3;;;/h6,9-16H,3-5,7-8H2,1-2H3;3H,1-2H3;2*1H;/q-1;;;;+3/p-2. The summed E-state index contributed by atoms with van der Waals surface area (Å²) in [6.45, 7) is 8.14. The minimum absolute atomic E-state index is 0. The van der Waals surface area contributed by atoms with E-state index in [1.165, 1.54) is 65.1 Å². The Bertz CT molecular complexity index is 797. The largest absolute Gasteiger partial charge is 3.00 e. The van der Waals surface area contributed by atoms with Crippen molar-refractivity contribution < 1.29 is 55.8 Å². The third kappa shape index (κ3) is 10.0. The molecule has 2 radical (unpaired) electrons. The maximum atomic E-state index is 8.16. The molecule has 0 amide bonds. The average Bonchev–Trinajstić information content (AvgIpc) is 3.03. The number of aryl methyl sites for hydroxylation is 2. The van der Waals surface area contributed by atoms with Gasteiger partial charge in [-0.3, -0.25) is 0 Å². The van der Waals surface area contributed by atoms with Gasteiger partial charge in [0.2, 0.25) is 0 Å². The summed E-state index contributed by atoms with van der Waals surface area (Å²) in [6.07, 6.45) is 6.10. The summed E-state index contributed by atoms with van der Waals surface area (Å²) < 4.78 is 0. The summed E-state index contributed by atoms with van der Waals surface area (Å²) in [7, 11) is -0.880. The second kappa shape index (κ2) is 16.4. The Kier molecular flexibility index (Phi) is 17.5. The summed E-state index contributed by atoms with van der Waals surface area (Å²) >= 11 is 0. The van der Waals surface area contributed by atoms with Crippen LogP contribution in [0.3, 0.4) is 0 Å². The molecule has 3 aromatic rings. The Balaban J connectivity index is 0. The number of rotatable bonds is 6. The van der Waals surface area contributed by atoms with Gasteiger partial charge in [0.25, 0.3) is 0 Å². The van der Waals surface area contributed by atoms with Crippen LogP contribution in [0.5, 0.6) is 0 Å². The van der Waals surface area contributed by atoms with Gasteiger partial charge in [0.1, 0.15) is 0 Å². The second-order valence-electron chi connectivity index (χ2n) is 7.17. The van der Waals surface area contributed by atoms with Crippen LogP contribution in [0.1, 0.15) is 44.2 Å². The van der Waals surface area contributed by atoms with Crippen molar-refractivity contribution in [3.63, 3.8) is 0 Å². The first-order valence-corrected chi connectivity index (χ1v) is 12.3. The molecule has 0 spiro atoms. The van der Waals surface area contributed by atoms with E-state index in [2.05, 4.69) is 68.4 Å². The van der Waals surface area contributed by atoms with E-state index >= 15 is 0 Å². The van der Waals surface area contributed by atoms with Gasteiger partial charge in [-0.05, 0) is 43.5 Å². The summed E-state index contributed by atoms with van der Waals surface area (Å²) in [5.41, 5.74) is 5.61. The SMILES string of the molecule is CCCCc1ccc(-c2cccc3[cH-]c(CCC)cc23)cc1.C[Si](C)O.[Cl-].[Cl-].[Zr+3]. The Morgan fingerprint density at radius 3 is 2.07 bits per heavy atom. The van der Waals surface area contributed by atoms with E-state index in [0.29, 0.717) is 0 Å². The van der Waals surface area contributed by atoms with Crippen molar-refractivity contribution in [2.24, 2.45) is 0 Å². The fraction of sp³-hybridized carbons (Fsp3) is 0.375. The zero-order chi connectivity index (χ0) is 18.9. The normalized spacial score (nSPS) is 9.72. The number of fused-ring (bicyclic) bond motifs is 1. The first kappa shape index (κ1) is 30.9. The zero-order valence-corrected chi connectivity index (χ0v) is 22.9. The number of hydrogen-bond acceptors (Lipinski definition) is 1. The van der Waals surface area contributed by atoms with Crippen LogP contribution in [0.25, 0.3) is 21.9 Å². The van der Waals surface area contributed by atoms with Gasteiger partial charge < -0.3 is 29.6 Å². The predicted octanol–water partition coefficient (Wildman–Crippen LogP) is 0.756. The molecule has 0 aliphatic carbocycles. The predicted molar refractivity (Wildman–Crippen MR) is 117 cm³/mol. The summed E-state index contributed by atoms with van der Waals surface area (Å²) in [6, 6.07) is 20.5. The minimum Gasteiger partial charge on any atom is -1.00 e. The Morgan fingerprint density at radius 2 is 1.52 bits per heavy atom. The fourth-order valence-electron chi connectivity index (χ4n) is 3.21. The molecule has 3 rings (SSSR count). The summed E-state index contributed by atoms with van der Waals surface area (Å²) in [4.78, 5) is 8.16. The Labute approximate surface area is 210 Å². The van der Waals surface area contributed by atoms with Crippen molar-refractivity contribution in [3.05, 3.63) is 65.7 Å². The van der Waals surface area contributed by atoms with Crippen LogP contribution in [0.2, 0.25) is 13.1 Å². The van der Waals surface area contributed by atoms with Gasteiger partial charge in [0, 0.05) is 0 Å². The first-order chi connectivity index (χ1) is 12.5. The van der Waals surface area contributed by atoms with Crippen LogP contribution in [0, 0.1) is 0 Å². The molecule has 0 saturated heterocycles. The van der Waals surface area contributed by atoms with E-state index in [4.69, 9.17) is 4.80 Å². The van der Waals surface area contributed by atoms with Crippen molar-refractivity contribution in [2.75, 3.05) is 0 Å². The first-order valence-electron chi connectivity index (χ1n) is 9.82. The molecule has 156 valence electrons. The number of hydrogen-bond donors (Lipinski definition) is 1. The smallest absolute Gasteiger partial charge is 1.00 e. The molecule has 29 heavy (non-hydrogen) atoms. The third-order valence-corrected chi connectivity index (χ3v) is 4.43. The fourth-order valence-corrected chi connectivity index (χ4v) is 3.21. The van der Waals surface area contributed by atoms with Crippen LogP contribution < -0.4 is 24.8 Å². The molecule has 0 unspecified atom stereocenters. The van der Waals surface area contributed by atoms with Gasteiger partial charge in [0.05, 0.1) is 0 Å². The summed E-state index contributed by atoms with van der Waals surface area (Å²) in [5.74, 6) is 0. The van der Waals surface area contributed by atoms with Gasteiger partial charge in [-0.25, -0.2) is 0 Å². The van der Waals surface area contributed by atoms with Gasteiger partial charge >= 0.3 is 26.2 Å². The van der Waals surface area contributed by atoms with Gasteiger partial charge in [-0.2, -0.15) is 6.07 Å². The monoisotopic (exact) mass is 524 g/mol. The Morgan fingerprint density at radius 1 is 0.897 bits per heavy atom. The number of unbranched alkanes of at least 4 members (excludes halogenated alkanes) is 1. The second-order valence-corrected chi connectivity index (χ2v) is 9.06. The molecule has 3 aromatic carbocycles. The Hall–Kier alpha value is -0.310. The molecule has 0 saturated carbocycles. The molecular formula is C24H32Cl2OSiZr. The maximum Gasteiger partial charge on any atom is 3.00 e. The van der Waals surface area contributed by atoms with E-state index < -0.39 is 9.04 Å². The van der Waals surface area contributed by atoms with Crippen molar-refractivity contribution in [1.29, 1.82) is 0 Å². The molecule has 0 fully saturated rings. The molecular weight excluding hydrogens is 494 g/mol. The maximum absolute atomic E-state index is 8.16.